The Morgan fingerprint density at radius 2 is 1.44 bits per heavy atom. The highest BCUT2D eigenvalue weighted by Gasteiger charge is 2.41. The van der Waals surface area contributed by atoms with Crippen molar-refractivity contribution in [2.45, 2.75) is 95.6 Å². The van der Waals surface area contributed by atoms with Crippen molar-refractivity contribution in [3.63, 3.8) is 0 Å². The van der Waals surface area contributed by atoms with E-state index in [4.69, 9.17) is 33.7 Å². The number of aromatic nitrogens is 5. The maximum absolute atomic E-state index is 17.1. The summed E-state index contributed by atoms with van der Waals surface area (Å²) >= 11 is 0. The van der Waals surface area contributed by atoms with Gasteiger partial charge in [0.2, 0.25) is 18.0 Å². The standard InChI is InChI=1S/C54H60FN9O9/c1-29(2)46(60-53(67)69-3)50(65)62-17-5-9-40(62)49-57-28-38(59-49)34-24-36(55)45-42-25-35-22-31(11-13-39(35)64(42)52(73-44(45)26-34)33-12-14-43-32(23-33)8-7-19-72-43)37-27-56-48(58-37)41-10-6-18-63(41)51(66)47(61-54(68)70-4)30-15-20-71-21-16-30/h11-14,22-30,40-41,46-47,52H,5-10,15-21H2,1-4H3,(H,56,58)(H,57,59)(H,60,67)(H,61,68)/t40-,41-,46?,47?,52?/m0/s1. The van der Waals surface area contributed by atoms with Gasteiger partial charge in [-0.2, -0.15) is 0 Å². The number of aromatic amines is 2. The molecule has 0 bridgehead atoms. The van der Waals surface area contributed by atoms with Gasteiger partial charge < -0.3 is 58.7 Å². The lowest BCUT2D eigenvalue weighted by Gasteiger charge is -2.34. The fourth-order valence-electron chi connectivity index (χ4n) is 11.5. The number of ether oxygens (including phenoxy) is 5. The van der Waals surface area contributed by atoms with Gasteiger partial charge in [-0.25, -0.2) is 23.9 Å². The zero-order valence-corrected chi connectivity index (χ0v) is 41.4. The van der Waals surface area contributed by atoms with Crippen LogP contribution in [-0.4, -0.2) is 118 Å². The van der Waals surface area contributed by atoms with Gasteiger partial charge in [0.25, 0.3) is 0 Å². The number of likely N-dealkylation sites (tertiary alicyclic amines) is 2. The predicted molar refractivity (Wildman–Crippen MR) is 266 cm³/mol. The molecule has 6 aromatic rings. The lowest BCUT2D eigenvalue weighted by molar-refractivity contribution is -0.137. The van der Waals surface area contributed by atoms with Crippen molar-refractivity contribution in [2.24, 2.45) is 11.8 Å². The smallest absolute Gasteiger partial charge is 0.407 e. The first-order valence-corrected chi connectivity index (χ1v) is 25.4. The molecule has 0 aliphatic carbocycles. The van der Waals surface area contributed by atoms with Crippen molar-refractivity contribution in [1.29, 1.82) is 0 Å². The number of fused-ring (bicyclic) bond motifs is 6. The second kappa shape index (κ2) is 19.9. The molecule has 18 nitrogen and oxygen atoms in total. The molecule has 0 saturated carbocycles. The molecule has 4 amide bonds. The molecule has 3 aromatic carbocycles. The molecule has 5 aliphatic heterocycles. The van der Waals surface area contributed by atoms with Gasteiger partial charge in [-0.15, -0.1) is 0 Å². The van der Waals surface area contributed by atoms with Crippen LogP contribution in [0.1, 0.15) is 99.9 Å². The van der Waals surface area contributed by atoms with Gasteiger partial charge in [-0.3, -0.25) is 9.59 Å². The maximum atomic E-state index is 17.1. The number of benzene rings is 3. The summed E-state index contributed by atoms with van der Waals surface area (Å²) in [6.07, 6.45) is 7.44. The molecule has 3 aromatic heterocycles. The molecule has 3 saturated heterocycles. The number of H-pyrrole nitrogens is 2. The number of nitrogens with zero attached hydrogens (tertiary/aromatic N) is 5. The predicted octanol–water partition coefficient (Wildman–Crippen LogP) is 8.35. The first kappa shape index (κ1) is 47.9. The average molecular weight is 998 g/mol. The maximum Gasteiger partial charge on any atom is 0.407 e. The Bertz CT molecular complexity index is 3090. The van der Waals surface area contributed by atoms with E-state index >= 15 is 4.39 Å². The fourth-order valence-corrected chi connectivity index (χ4v) is 11.5. The quantitative estimate of drug-likeness (QED) is 0.0970. The molecule has 3 fully saturated rings. The van der Waals surface area contributed by atoms with Gasteiger partial charge in [0.05, 0.1) is 73.5 Å². The molecule has 19 heteroatoms. The van der Waals surface area contributed by atoms with E-state index in [9.17, 15) is 19.2 Å². The second-order valence-corrected chi connectivity index (χ2v) is 20.0. The van der Waals surface area contributed by atoms with Crippen molar-refractivity contribution >= 4 is 34.9 Å². The number of nitrogens with one attached hydrogen (secondary N) is 4. The minimum absolute atomic E-state index is 0.0800. The number of rotatable bonds is 11. The van der Waals surface area contributed by atoms with E-state index in [1.807, 2.05) is 59.7 Å². The Balaban J connectivity index is 0.911. The molecule has 0 spiro atoms. The van der Waals surface area contributed by atoms with Crippen molar-refractivity contribution < 1.29 is 47.3 Å². The Morgan fingerprint density at radius 1 is 0.753 bits per heavy atom. The molecule has 5 atom stereocenters. The minimum Gasteiger partial charge on any atom is -0.493 e. The Labute approximate surface area is 421 Å². The molecule has 4 N–H and O–H groups in total. The van der Waals surface area contributed by atoms with Crippen LogP contribution in [0.3, 0.4) is 0 Å². The highest BCUT2D eigenvalue weighted by Crippen LogP contribution is 2.48. The van der Waals surface area contributed by atoms with Gasteiger partial charge in [-0.05, 0) is 117 Å². The van der Waals surface area contributed by atoms with Crippen LogP contribution in [0.5, 0.6) is 11.5 Å². The summed E-state index contributed by atoms with van der Waals surface area (Å²) in [4.78, 5) is 72.8. The third-order valence-electron chi connectivity index (χ3n) is 15.2. The normalized spacial score (nSPS) is 20.4. The SMILES string of the molecule is COC(=O)NC(C(=O)N1CCC[C@H]1c1ncc(-c2cc(F)c3c(c2)OC(c2ccc4c(c2)CCCO4)n2c-3cc3cc(-c4cnc([C@@H]5CCCN5C(=O)C(NC(=O)OC)C5CCOCC5)[nH]4)ccc32)[nH]1)C(C)C. The van der Waals surface area contributed by atoms with Crippen molar-refractivity contribution in [3.8, 4) is 45.3 Å². The van der Waals surface area contributed by atoms with Gasteiger partial charge in [0, 0.05) is 48.4 Å². The molecule has 8 heterocycles. The van der Waals surface area contributed by atoms with Crippen LogP contribution in [0.2, 0.25) is 0 Å². The first-order valence-electron chi connectivity index (χ1n) is 25.4. The van der Waals surface area contributed by atoms with E-state index in [-0.39, 0.29) is 35.7 Å². The molecule has 73 heavy (non-hydrogen) atoms. The number of aryl methyl sites for hydroxylation is 1. The topological polar surface area (TPSA) is 207 Å². The van der Waals surface area contributed by atoms with Crippen molar-refractivity contribution in [2.75, 3.05) is 47.1 Å². The number of methoxy groups -OCH3 is 2. The number of alkyl carbamates (subject to hydrolysis) is 2. The molecule has 382 valence electrons. The van der Waals surface area contributed by atoms with Crippen molar-refractivity contribution in [1.82, 2.24) is 44.9 Å². The minimum atomic E-state index is -0.780. The molecular formula is C54H60FN9O9. The number of amides is 4. The van der Waals surface area contributed by atoms with Crippen LogP contribution in [0.4, 0.5) is 14.0 Å². The van der Waals surface area contributed by atoms with Crippen molar-refractivity contribution in [3.05, 3.63) is 95.6 Å². The summed E-state index contributed by atoms with van der Waals surface area (Å²) < 4.78 is 47.3. The lowest BCUT2D eigenvalue weighted by atomic mass is 9.90. The van der Waals surface area contributed by atoms with Crippen LogP contribution in [0, 0.1) is 17.7 Å². The fraction of sp³-hybridized carbons (Fsp3) is 0.444. The van der Waals surface area contributed by atoms with Crippen LogP contribution >= 0.6 is 0 Å². The Hall–Kier alpha value is -7.41. The summed E-state index contributed by atoms with van der Waals surface area (Å²) in [5, 5.41) is 6.37. The third-order valence-corrected chi connectivity index (χ3v) is 15.2. The van der Waals surface area contributed by atoms with Gasteiger partial charge in [0.1, 0.15) is 41.0 Å². The monoisotopic (exact) mass is 997 g/mol. The summed E-state index contributed by atoms with van der Waals surface area (Å²) in [7, 11) is 2.56. The number of carbonyl (C=O) groups is 4. The van der Waals surface area contributed by atoms with Crippen LogP contribution in [-0.2, 0) is 30.2 Å². The Kier molecular flexibility index (Phi) is 13.0. The highest BCUT2D eigenvalue weighted by atomic mass is 19.1. The van der Waals surface area contributed by atoms with E-state index in [0.29, 0.717) is 98.5 Å². The number of halogens is 1. The zero-order valence-electron chi connectivity index (χ0n) is 41.4. The molecule has 5 aliphatic rings. The van der Waals surface area contributed by atoms with Crippen LogP contribution in [0.25, 0.3) is 44.7 Å². The van der Waals surface area contributed by atoms with Crippen LogP contribution < -0.4 is 20.1 Å². The van der Waals surface area contributed by atoms with E-state index < -0.39 is 36.3 Å². The largest absolute Gasteiger partial charge is 0.493 e. The summed E-state index contributed by atoms with van der Waals surface area (Å²) in [6.45, 7) is 6.48. The second-order valence-electron chi connectivity index (χ2n) is 20.0. The van der Waals surface area contributed by atoms with E-state index in [0.717, 1.165) is 64.7 Å². The zero-order chi connectivity index (χ0) is 50.5. The average Bonchev–Trinajstić information content (AvgIpc) is 4.28. The number of carbonyl (C=O) groups excluding carboxylic acids is 4. The van der Waals surface area contributed by atoms with Gasteiger partial charge >= 0.3 is 12.2 Å². The lowest BCUT2D eigenvalue weighted by Crippen LogP contribution is -2.53. The summed E-state index contributed by atoms with van der Waals surface area (Å²) in [5.74, 6) is 1.31. The number of hydrogen-bond donors (Lipinski definition) is 4. The van der Waals surface area contributed by atoms with Crippen LogP contribution in [0.15, 0.2) is 67.0 Å². The van der Waals surface area contributed by atoms with E-state index in [1.54, 1.807) is 17.3 Å². The third kappa shape index (κ3) is 9.01. The number of hydrogen-bond acceptors (Lipinski definition) is 11. The number of imidazole rings is 2. The van der Waals surface area contributed by atoms with Gasteiger partial charge in [0.15, 0.2) is 0 Å². The molecule has 11 rings (SSSR count). The highest BCUT2D eigenvalue weighted by molar-refractivity contribution is 5.93. The van der Waals surface area contributed by atoms with E-state index in [1.165, 1.54) is 20.3 Å². The Morgan fingerprint density at radius 3 is 2.14 bits per heavy atom. The summed E-state index contributed by atoms with van der Waals surface area (Å²) in [6, 6.07) is 15.3. The molecule has 0 radical (unpaired) electrons. The van der Waals surface area contributed by atoms with Gasteiger partial charge in [-0.1, -0.05) is 19.9 Å². The molecular weight excluding hydrogens is 938 g/mol. The molecule has 3 unspecified atom stereocenters. The van der Waals surface area contributed by atoms with E-state index in [2.05, 4.69) is 32.7 Å². The first-order chi connectivity index (χ1) is 35.5. The summed E-state index contributed by atoms with van der Waals surface area (Å²) in [5.41, 5.74) is 6.47.